The van der Waals surface area contributed by atoms with Crippen molar-refractivity contribution in [2.45, 2.75) is 0 Å². The Morgan fingerprint density at radius 3 is 2.50 bits per heavy atom. The molecule has 7 heteroatoms. The third kappa shape index (κ3) is 5.76. The van der Waals surface area contributed by atoms with Gasteiger partial charge < -0.3 is 10.1 Å². The van der Waals surface area contributed by atoms with Crippen molar-refractivity contribution >= 4 is 22.0 Å². The Balaban J connectivity index is 1.51. The van der Waals surface area contributed by atoms with Gasteiger partial charge in [-0.3, -0.25) is 4.79 Å². The zero-order valence-electron chi connectivity index (χ0n) is 15.6. The standard InChI is InChI=1S/C21H24N2O4S/c24-21(22-11-16-28(25,26)23-12-14-27-15-13-23)10-9-18-5-4-8-20(17-18)19-6-2-1-3-7-19/h1-10,17H,11-16H2,(H,22,24)/b10-9+. The fraction of sp³-hybridized carbons (Fsp3) is 0.286. The van der Waals surface area contributed by atoms with Gasteiger partial charge in [-0.1, -0.05) is 48.5 Å². The van der Waals surface area contributed by atoms with E-state index in [1.807, 2.05) is 54.6 Å². The number of carbonyl (C=O) groups is 1. The zero-order chi connectivity index (χ0) is 19.8. The summed E-state index contributed by atoms with van der Waals surface area (Å²) in [5.74, 6) is -0.432. The maximum absolute atomic E-state index is 12.2. The van der Waals surface area contributed by atoms with Gasteiger partial charge in [0.25, 0.3) is 0 Å². The van der Waals surface area contributed by atoms with Crippen molar-refractivity contribution in [2.24, 2.45) is 0 Å². The topological polar surface area (TPSA) is 75.7 Å². The fourth-order valence-electron chi connectivity index (χ4n) is 2.94. The van der Waals surface area contributed by atoms with E-state index in [0.717, 1.165) is 16.7 Å². The quantitative estimate of drug-likeness (QED) is 0.723. The summed E-state index contributed by atoms with van der Waals surface area (Å²) in [7, 11) is -3.37. The number of benzene rings is 2. The minimum absolute atomic E-state index is 0.0763. The van der Waals surface area contributed by atoms with Crippen molar-refractivity contribution in [1.29, 1.82) is 0 Å². The highest BCUT2D eigenvalue weighted by molar-refractivity contribution is 7.89. The first kappa shape index (κ1) is 20.3. The van der Waals surface area contributed by atoms with Gasteiger partial charge in [0.1, 0.15) is 0 Å². The van der Waals surface area contributed by atoms with E-state index < -0.39 is 10.0 Å². The zero-order valence-corrected chi connectivity index (χ0v) is 16.4. The number of ether oxygens (including phenoxy) is 1. The lowest BCUT2D eigenvalue weighted by Crippen LogP contribution is -2.43. The largest absolute Gasteiger partial charge is 0.379 e. The molecule has 1 fully saturated rings. The molecule has 0 unspecified atom stereocenters. The molecule has 1 amide bonds. The number of hydrogen-bond acceptors (Lipinski definition) is 4. The Bertz CT molecular complexity index is 920. The number of nitrogens with zero attached hydrogens (tertiary/aromatic N) is 1. The van der Waals surface area contributed by atoms with E-state index in [9.17, 15) is 13.2 Å². The van der Waals surface area contributed by atoms with Gasteiger partial charge in [-0.25, -0.2) is 8.42 Å². The average molecular weight is 401 g/mol. The molecule has 1 heterocycles. The van der Waals surface area contributed by atoms with Gasteiger partial charge >= 0.3 is 0 Å². The van der Waals surface area contributed by atoms with Gasteiger partial charge in [-0.05, 0) is 28.8 Å². The molecular formula is C21H24N2O4S. The van der Waals surface area contributed by atoms with Crippen LogP contribution in [-0.2, 0) is 19.6 Å². The molecule has 0 bridgehead atoms. The van der Waals surface area contributed by atoms with Crippen LogP contribution in [0.4, 0.5) is 0 Å². The Hall–Kier alpha value is -2.48. The highest BCUT2D eigenvalue weighted by atomic mass is 32.2. The molecule has 0 aromatic heterocycles. The van der Waals surface area contributed by atoms with E-state index in [1.54, 1.807) is 6.08 Å². The second-order valence-electron chi connectivity index (χ2n) is 6.44. The van der Waals surface area contributed by atoms with Crippen molar-refractivity contribution in [2.75, 3.05) is 38.6 Å². The molecule has 1 aliphatic rings. The van der Waals surface area contributed by atoms with Gasteiger partial charge in [-0.2, -0.15) is 4.31 Å². The summed E-state index contributed by atoms with van der Waals surface area (Å²) < 4.78 is 31.0. The summed E-state index contributed by atoms with van der Waals surface area (Å²) >= 11 is 0. The lowest BCUT2D eigenvalue weighted by Gasteiger charge is -2.25. The molecule has 148 valence electrons. The molecule has 1 N–H and O–H groups in total. The fourth-order valence-corrected chi connectivity index (χ4v) is 4.26. The van der Waals surface area contributed by atoms with E-state index >= 15 is 0 Å². The smallest absolute Gasteiger partial charge is 0.244 e. The summed E-state index contributed by atoms with van der Waals surface area (Å²) in [4.78, 5) is 12.0. The number of rotatable bonds is 7. The predicted molar refractivity (Wildman–Crippen MR) is 110 cm³/mol. The first-order valence-electron chi connectivity index (χ1n) is 9.21. The Kier molecular flexibility index (Phi) is 6.97. The summed E-state index contributed by atoms with van der Waals surface area (Å²) in [6.07, 6.45) is 3.14. The summed E-state index contributed by atoms with van der Waals surface area (Å²) in [6, 6.07) is 17.9. The van der Waals surface area contributed by atoms with Crippen LogP contribution in [0.1, 0.15) is 5.56 Å². The Morgan fingerprint density at radius 1 is 1.04 bits per heavy atom. The SMILES string of the molecule is O=C(/C=C/c1cccc(-c2ccccc2)c1)NCCS(=O)(=O)N1CCOCC1. The first-order chi connectivity index (χ1) is 13.5. The number of morpholine rings is 1. The number of nitrogens with one attached hydrogen (secondary N) is 1. The summed E-state index contributed by atoms with van der Waals surface area (Å²) in [5.41, 5.74) is 3.08. The molecule has 0 atom stereocenters. The van der Waals surface area contributed by atoms with Crippen LogP contribution < -0.4 is 5.32 Å². The van der Waals surface area contributed by atoms with Crippen molar-refractivity contribution in [3.8, 4) is 11.1 Å². The van der Waals surface area contributed by atoms with Gasteiger partial charge in [0.2, 0.25) is 15.9 Å². The maximum atomic E-state index is 12.2. The molecule has 0 saturated carbocycles. The molecule has 0 aliphatic carbocycles. The van der Waals surface area contributed by atoms with E-state index in [0.29, 0.717) is 26.3 Å². The number of carbonyl (C=O) groups excluding carboxylic acids is 1. The molecule has 3 rings (SSSR count). The highest BCUT2D eigenvalue weighted by Gasteiger charge is 2.23. The first-order valence-corrected chi connectivity index (χ1v) is 10.8. The van der Waals surface area contributed by atoms with Gasteiger partial charge in [0.05, 0.1) is 19.0 Å². The Morgan fingerprint density at radius 2 is 1.75 bits per heavy atom. The number of sulfonamides is 1. The van der Waals surface area contributed by atoms with Crippen molar-refractivity contribution in [1.82, 2.24) is 9.62 Å². The third-order valence-electron chi connectivity index (χ3n) is 4.44. The van der Waals surface area contributed by atoms with E-state index in [2.05, 4.69) is 5.32 Å². The minimum Gasteiger partial charge on any atom is -0.379 e. The van der Waals surface area contributed by atoms with Gasteiger partial charge in [0.15, 0.2) is 0 Å². The lowest BCUT2D eigenvalue weighted by molar-refractivity contribution is -0.116. The molecule has 1 aliphatic heterocycles. The third-order valence-corrected chi connectivity index (χ3v) is 6.32. The maximum Gasteiger partial charge on any atom is 0.244 e. The second-order valence-corrected chi connectivity index (χ2v) is 8.53. The molecule has 6 nitrogen and oxygen atoms in total. The minimum atomic E-state index is -3.37. The van der Waals surface area contributed by atoms with Gasteiger partial charge in [0, 0.05) is 25.7 Å². The molecule has 1 saturated heterocycles. The highest BCUT2D eigenvalue weighted by Crippen LogP contribution is 2.20. The molecular weight excluding hydrogens is 376 g/mol. The van der Waals surface area contributed by atoms with Crippen LogP contribution in [-0.4, -0.2) is 57.2 Å². The lowest BCUT2D eigenvalue weighted by atomic mass is 10.0. The van der Waals surface area contributed by atoms with E-state index in [-0.39, 0.29) is 18.2 Å². The van der Waals surface area contributed by atoms with Crippen LogP contribution in [0.3, 0.4) is 0 Å². The van der Waals surface area contributed by atoms with Crippen molar-refractivity contribution < 1.29 is 17.9 Å². The van der Waals surface area contributed by atoms with Crippen LogP contribution in [0.25, 0.3) is 17.2 Å². The van der Waals surface area contributed by atoms with Crippen molar-refractivity contribution in [3.63, 3.8) is 0 Å². The normalized spacial score (nSPS) is 15.6. The molecule has 0 spiro atoms. The average Bonchev–Trinajstić information content (AvgIpc) is 2.74. The van der Waals surface area contributed by atoms with Crippen LogP contribution in [0.15, 0.2) is 60.7 Å². The van der Waals surface area contributed by atoms with Crippen LogP contribution in [0.5, 0.6) is 0 Å². The predicted octanol–water partition coefficient (Wildman–Crippen LogP) is 2.14. The van der Waals surface area contributed by atoms with Crippen molar-refractivity contribution in [3.05, 3.63) is 66.2 Å². The molecule has 0 radical (unpaired) electrons. The summed E-state index contributed by atoms with van der Waals surface area (Å²) in [6.45, 7) is 1.64. The number of amides is 1. The van der Waals surface area contributed by atoms with Crippen LogP contribution in [0.2, 0.25) is 0 Å². The van der Waals surface area contributed by atoms with Crippen LogP contribution in [0, 0.1) is 0 Å². The monoisotopic (exact) mass is 400 g/mol. The second kappa shape index (κ2) is 9.64. The summed E-state index contributed by atoms with van der Waals surface area (Å²) in [5, 5.41) is 2.63. The molecule has 2 aromatic rings. The Labute approximate surface area is 165 Å². The number of hydrogen-bond donors (Lipinski definition) is 1. The van der Waals surface area contributed by atoms with E-state index in [4.69, 9.17) is 4.74 Å². The van der Waals surface area contributed by atoms with E-state index in [1.165, 1.54) is 10.4 Å². The van der Waals surface area contributed by atoms with Gasteiger partial charge in [-0.15, -0.1) is 0 Å². The molecule has 2 aromatic carbocycles. The molecule has 28 heavy (non-hydrogen) atoms. The van der Waals surface area contributed by atoms with Crippen LogP contribution >= 0.6 is 0 Å².